The zero-order valence-corrected chi connectivity index (χ0v) is 12.0. The summed E-state index contributed by atoms with van der Waals surface area (Å²) >= 11 is 0. The van der Waals surface area contributed by atoms with Crippen LogP contribution in [0.3, 0.4) is 0 Å². The SMILES string of the molecule is CCC(C)C1NC(=O)CCN(Cc2ccncc2)C1=O. The first-order valence-corrected chi connectivity index (χ1v) is 7.09. The third kappa shape index (κ3) is 3.35. The van der Waals surface area contributed by atoms with Crippen LogP contribution in [0.2, 0.25) is 0 Å². The van der Waals surface area contributed by atoms with Crippen molar-refractivity contribution in [3.63, 3.8) is 0 Å². The maximum absolute atomic E-state index is 12.6. The Kier molecular flexibility index (Phi) is 4.71. The summed E-state index contributed by atoms with van der Waals surface area (Å²) in [7, 11) is 0. The predicted octanol–water partition coefficient (Wildman–Crippen LogP) is 1.34. The number of nitrogens with zero attached hydrogens (tertiary/aromatic N) is 2. The van der Waals surface area contributed by atoms with E-state index in [1.165, 1.54) is 0 Å². The molecule has 5 nitrogen and oxygen atoms in total. The summed E-state index contributed by atoms with van der Waals surface area (Å²) in [5.74, 6) is 0.118. The average molecular weight is 275 g/mol. The summed E-state index contributed by atoms with van der Waals surface area (Å²) in [5, 5.41) is 2.85. The molecule has 2 rings (SSSR count). The Labute approximate surface area is 119 Å². The van der Waals surface area contributed by atoms with Crippen molar-refractivity contribution >= 4 is 11.8 Å². The summed E-state index contributed by atoms with van der Waals surface area (Å²) in [6, 6.07) is 3.38. The Bertz CT molecular complexity index is 475. The second-order valence-electron chi connectivity index (χ2n) is 5.30. The number of carbonyl (C=O) groups excluding carboxylic acids is 2. The third-order valence-corrected chi connectivity index (χ3v) is 3.84. The molecule has 1 aromatic rings. The number of carbonyl (C=O) groups is 2. The molecule has 0 radical (unpaired) electrons. The van der Waals surface area contributed by atoms with E-state index in [4.69, 9.17) is 0 Å². The summed E-state index contributed by atoms with van der Waals surface area (Å²) < 4.78 is 0. The highest BCUT2D eigenvalue weighted by Crippen LogP contribution is 2.16. The van der Waals surface area contributed by atoms with Crippen molar-refractivity contribution in [2.24, 2.45) is 5.92 Å². The van der Waals surface area contributed by atoms with Gasteiger partial charge in [-0.15, -0.1) is 0 Å². The first-order chi connectivity index (χ1) is 9.61. The monoisotopic (exact) mass is 275 g/mol. The molecular formula is C15H21N3O2. The van der Waals surface area contributed by atoms with Crippen molar-refractivity contribution in [2.75, 3.05) is 6.54 Å². The van der Waals surface area contributed by atoms with E-state index in [0.29, 0.717) is 19.5 Å². The van der Waals surface area contributed by atoms with Crippen LogP contribution in [0.1, 0.15) is 32.3 Å². The lowest BCUT2D eigenvalue weighted by Gasteiger charge is -2.27. The Morgan fingerprint density at radius 2 is 2.10 bits per heavy atom. The first kappa shape index (κ1) is 14.5. The van der Waals surface area contributed by atoms with Gasteiger partial charge in [0, 0.05) is 31.9 Å². The summed E-state index contributed by atoms with van der Waals surface area (Å²) in [4.78, 5) is 30.1. The molecule has 0 spiro atoms. The topological polar surface area (TPSA) is 62.3 Å². The molecule has 5 heteroatoms. The maximum Gasteiger partial charge on any atom is 0.245 e. The Morgan fingerprint density at radius 1 is 1.40 bits per heavy atom. The molecule has 1 aliphatic heterocycles. The van der Waals surface area contributed by atoms with Gasteiger partial charge in [-0.2, -0.15) is 0 Å². The van der Waals surface area contributed by atoms with Gasteiger partial charge in [0.25, 0.3) is 0 Å². The standard InChI is InChI=1S/C15H21N3O2/c1-3-11(2)14-15(20)18(9-6-13(19)17-14)10-12-4-7-16-8-5-12/h4-5,7-8,11,14H,3,6,9-10H2,1-2H3,(H,17,19). The van der Waals surface area contributed by atoms with Crippen molar-refractivity contribution in [3.8, 4) is 0 Å². The summed E-state index contributed by atoms with van der Waals surface area (Å²) in [5.41, 5.74) is 1.03. The number of hydrogen-bond donors (Lipinski definition) is 1. The highest BCUT2D eigenvalue weighted by molar-refractivity contribution is 5.90. The average Bonchev–Trinajstić information content (AvgIpc) is 2.61. The van der Waals surface area contributed by atoms with Gasteiger partial charge in [-0.05, 0) is 23.6 Å². The summed E-state index contributed by atoms with van der Waals surface area (Å²) in [6.07, 6.45) is 4.66. The molecule has 0 bridgehead atoms. The minimum Gasteiger partial charge on any atom is -0.344 e. The van der Waals surface area contributed by atoms with Crippen LogP contribution in [-0.4, -0.2) is 34.3 Å². The molecule has 1 fully saturated rings. The Morgan fingerprint density at radius 3 is 2.75 bits per heavy atom. The van der Waals surface area contributed by atoms with E-state index >= 15 is 0 Å². The van der Waals surface area contributed by atoms with Crippen molar-refractivity contribution in [1.82, 2.24) is 15.2 Å². The van der Waals surface area contributed by atoms with Gasteiger partial charge in [-0.25, -0.2) is 0 Å². The first-order valence-electron chi connectivity index (χ1n) is 7.09. The van der Waals surface area contributed by atoms with Gasteiger partial charge in [-0.3, -0.25) is 14.6 Å². The number of rotatable bonds is 4. The molecule has 1 saturated heterocycles. The van der Waals surface area contributed by atoms with Crippen molar-refractivity contribution in [1.29, 1.82) is 0 Å². The molecule has 20 heavy (non-hydrogen) atoms. The number of amides is 2. The molecule has 1 N–H and O–H groups in total. The zero-order chi connectivity index (χ0) is 14.5. The summed E-state index contributed by atoms with van der Waals surface area (Å²) in [6.45, 7) is 5.03. The normalized spacial score (nSPS) is 21.3. The number of hydrogen-bond acceptors (Lipinski definition) is 3. The van der Waals surface area contributed by atoms with Crippen LogP contribution in [0.15, 0.2) is 24.5 Å². The van der Waals surface area contributed by atoms with E-state index in [0.717, 1.165) is 12.0 Å². The minimum atomic E-state index is -0.406. The second-order valence-corrected chi connectivity index (χ2v) is 5.30. The van der Waals surface area contributed by atoms with Crippen LogP contribution < -0.4 is 5.32 Å². The molecule has 1 aromatic heterocycles. The highest BCUT2D eigenvalue weighted by Gasteiger charge is 2.32. The lowest BCUT2D eigenvalue weighted by molar-refractivity contribution is -0.135. The second kappa shape index (κ2) is 6.50. The smallest absolute Gasteiger partial charge is 0.245 e. The molecule has 2 heterocycles. The molecule has 0 saturated carbocycles. The van der Waals surface area contributed by atoms with Gasteiger partial charge < -0.3 is 10.2 Å². The van der Waals surface area contributed by atoms with E-state index in [-0.39, 0.29) is 17.7 Å². The van der Waals surface area contributed by atoms with Crippen molar-refractivity contribution in [2.45, 2.75) is 39.3 Å². The number of pyridine rings is 1. The van der Waals surface area contributed by atoms with Gasteiger partial charge in [0.1, 0.15) is 6.04 Å². The fourth-order valence-corrected chi connectivity index (χ4v) is 2.34. The number of aromatic nitrogens is 1. The largest absolute Gasteiger partial charge is 0.344 e. The van der Waals surface area contributed by atoms with Crippen LogP contribution in [-0.2, 0) is 16.1 Å². The fraction of sp³-hybridized carbons (Fsp3) is 0.533. The molecule has 1 aliphatic rings. The zero-order valence-electron chi connectivity index (χ0n) is 12.0. The van der Waals surface area contributed by atoms with Crippen LogP contribution in [0, 0.1) is 5.92 Å². The van der Waals surface area contributed by atoms with E-state index in [9.17, 15) is 9.59 Å². The molecule has 108 valence electrons. The fourth-order valence-electron chi connectivity index (χ4n) is 2.34. The third-order valence-electron chi connectivity index (χ3n) is 3.84. The predicted molar refractivity (Wildman–Crippen MR) is 75.7 cm³/mol. The van der Waals surface area contributed by atoms with E-state index in [1.807, 2.05) is 26.0 Å². The molecule has 2 unspecified atom stereocenters. The van der Waals surface area contributed by atoms with Crippen LogP contribution >= 0.6 is 0 Å². The van der Waals surface area contributed by atoms with Crippen LogP contribution in [0.5, 0.6) is 0 Å². The Hall–Kier alpha value is -1.91. The van der Waals surface area contributed by atoms with E-state index in [1.54, 1.807) is 17.3 Å². The minimum absolute atomic E-state index is 0.0158. The lowest BCUT2D eigenvalue weighted by atomic mass is 9.98. The molecule has 0 aliphatic carbocycles. The van der Waals surface area contributed by atoms with Crippen molar-refractivity contribution in [3.05, 3.63) is 30.1 Å². The highest BCUT2D eigenvalue weighted by atomic mass is 16.2. The van der Waals surface area contributed by atoms with Crippen LogP contribution in [0.25, 0.3) is 0 Å². The lowest BCUT2D eigenvalue weighted by Crippen LogP contribution is -2.48. The molecule has 2 atom stereocenters. The molecular weight excluding hydrogens is 254 g/mol. The van der Waals surface area contributed by atoms with Gasteiger partial charge in [-0.1, -0.05) is 20.3 Å². The van der Waals surface area contributed by atoms with Gasteiger partial charge >= 0.3 is 0 Å². The van der Waals surface area contributed by atoms with Gasteiger partial charge in [0.15, 0.2) is 0 Å². The van der Waals surface area contributed by atoms with E-state index in [2.05, 4.69) is 10.3 Å². The van der Waals surface area contributed by atoms with Gasteiger partial charge in [0.05, 0.1) is 0 Å². The van der Waals surface area contributed by atoms with Gasteiger partial charge in [0.2, 0.25) is 11.8 Å². The quantitative estimate of drug-likeness (QED) is 0.902. The Balaban J connectivity index is 2.15. The van der Waals surface area contributed by atoms with E-state index < -0.39 is 6.04 Å². The number of nitrogens with one attached hydrogen (secondary N) is 1. The van der Waals surface area contributed by atoms with Crippen LogP contribution in [0.4, 0.5) is 0 Å². The maximum atomic E-state index is 12.6. The molecule has 2 amide bonds. The van der Waals surface area contributed by atoms with Crippen molar-refractivity contribution < 1.29 is 9.59 Å². The molecule has 0 aromatic carbocycles.